The van der Waals surface area contributed by atoms with Crippen molar-refractivity contribution in [1.29, 1.82) is 0 Å². The van der Waals surface area contributed by atoms with Crippen LogP contribution in [0, 0.1) is 5.82 Å². The molecule has 0 bridgehead atoms. The highest BCUT2D eigenvalue weighted by molar-refractivity contribution is 5.77. The summed E-state index contributed by atoms with van der Waals surface area (Å²) < 4.78 is 54.2. The van der Waals surface area contributed by atoms with Crippen molar-refractivity contribution in [2.24, 2.45) is 10.7 Å². The first-order valence-corrected chi connectivity index (χ1v) is 8.43. The average molecular weight is 398 g/mol. The zero-order valence-corrected chi connectivity index (χ0v) is 15.6. The van der Waals surface area contributed by atoms with Crippen LogP contribution in [-0.4, -0.2) is 31.3 Å². The zero-order chi connectivity index (χ0) is 20.7. The van der Waals surface area contributed by atoms with Crippen LogP contribution in [0.5, 0.6) is 5.75 Å². The summed E-state index contributed by atoms with van der Waals surface area (Å²) in [6.45, 7) is 0.986. The van der Waals surface area contributed by atoms with Gasteiger partial charge in [0.25, 0.3) is 0 Å². The first kappa shape index (κ1) is 21.5. The van der Waals surface area contributed by atoms with E-state index in [1.807, 2.05) is 19.0 Å². The van der Waals surface area contributed by atoms with Gasteiger partial charge in [-0.25, -0.2) is 9.38 Å². The summed E-state index contributed by atoms with van der Waals surface area (Å²) in [6.07, 6.45) is -4.72. The molecule has 0 aliphatic rings. The van der Waals surface area contributed by atoms with Gasteiger partial charge in [-0.2, -0.15) is 0 Å². The van der Waals surface area contributed by atoms with Crippen molar-refractivity contribution >= 4 is 5.96 Å². The maximum Gasteiger partial charge on any atom is 0.573 e. The van der Waals surface area contributed by atoms with E-state index in [1.54, 1.807) is 12.1 Å². The lowest BCUT2D eigenvalue weighted by Crippen LogP contribution is -2.31. The molecule has 9 heteroatoms. The molecule has 0 aromatic heterocycles. The third-order valence-electron chi connectivity index (χ3n) is 3.67. The molecular formula is C19H22F4N4O. The lowest BCUT2D eigenvalue weighted by molar-refractivity contribution is -0.274. The monoisotopic (exact) mass is 398 g/mol. The molecule has 0 amide bonds. The van der Waals surface area contributed by atoms with Gasteiger partial charge < -0.3 is 20.7 Å². The first-order valence-electron chi connectivity index (χ1n) is 8.43. The number of nitrogens with two attached hydrogens (primary N) is 1. The van der Waals surface area contributed by atoms with Gasteiger partial charge in [-0.15, -0.1) is 13.2 Å². The Bertz CT molecular complexity index is 805. The summed E-state index contributed by atoms with van der Waals surface area (Å²) in [6, 6.07) is 10.3. The molecule has 0 saturated carbocycles. The van der Waals surface area contributed by atoms with E-state index >= 15 is 0 Å². The number of alkyl halides is 3. The molecule has 0 atom stereocenters. The Balaban J connectivity index is 1.86. The fraction of sp³-hybridized carbons (Fsp3) is 0.316. The summed E-state index contributed by atoms with van der Waals surface area (Å²) in [4.78, 5) is 6.01. The van der Waals surface area contributed by atoms with E-state index in [0.29, 0.717) is 23.2 Å². The van der Waals surface area contributed by atoms with Gasteiger partial charge in [0, 0.05) is 18.7 Å². The van der Waals surface area contributed by atoms with Crippen LogP contribution in [-0.2, 0) is 19.6 Å². The second-order valence-corrected chi connectivity index (χ2v) is 6.41. The Morgan fingerprint density at radius 3 is 2.32 bits per heavy atom. The van der Waals surface area contributed by atoms with Crippen molar-refractivity contribution in [3.63, 3.8) is 0 Å². The van der Waals surface area contributed by atoms with E-state index in [0.717, 1.165) is 0 Å². The molecule has 0 unspecified atom stereocenters. The fourth-order valence-corrected chi connectivity index (χ4v) is 2.39. The van der Waals surface area contributed by atoms with Gasteiger partial charge >= 0.3 is 6.36 Å². The third kappa shape index (κ3) is 7.43. The topological polar surface area (TPSA) is 62.9 Å². The molecule has 0 radical (unpaired) electrons. The number of guanidine groups is 1. The molecule has 0 fully saturated rings. The van der Waals surface area contributed by atoms with E-state index < -0.39 is 6.36 Å². The van der Waals surface area contributed by atoms with Crippen LogP contribution < -0.4 is 15.8 Å². The molecule has 2 aromatic carbocycles. The molecule has 0 aliphatic carbocycles. The number of halogens is 4. The number of benzene rings is 2. The Morgan fingerprint density at radius 2 is 1.75 bits per heavy atom. The number of hydrogen-bond donors (Lipinski definition) is 2. The first-order chi connectivity index (χ1) is 13.1. The molecule has 2 aromatic rings. The molecule has 2 rings (SSSR count). The van der Waals surface area contributed by atoms with Gasteiger partial charge in [0.2, 0.25) is 0 Å². The Morgan fingerprint density at radius 1 is 1.11 bits per heavy atom. The number of hydrogen-bond acceptors (Lipinski definition) is 3. The Hall–Kier alpha value is -2.81. The van der Waals surface area contributed by atoms with Crippen LogP contribution in [0.1, 0.15) is 16.7 Å². The van der Waals surface area contributed by atoms with E-state index in [-0.39, 0.29) is 30.6 Å². The quantitative estimate of drug-likeness (QED) is 0.426. The average Bonchev–Trinajstić information content (AvgIpc) is 2.60. The zero-order valence-electron chi connectivity index (χ0n) is 15.6. The van der Waals surface area contributed by atoms with E-state index in [1.165, 1.54) is 30.3 Å². The van der Waals surface area contributed by atoms with Crippen LogP contribution in [0.3, 0.4) is 0 Å². The fourth-order valence-electron chi connectivity index (χ4n) is 2.39. The van der Waals surface area contributed by atoms with Crippen molar-refractivity contribution in [3.8, 4) is 5.75 Å². The SMILES string of the molecule is CN(C)Cc1ccc(CN=C(N)NCc2ccc(OC(F)(F)F)cc2)cc1F. The number of nitrogens with zero attached hydrogens (tertiary/aromatic N) is 2. The molecular weight excluding hydrogens is 376 g/mol. The normalized spacial score (nSPS) is 12.3. The highest BCUT2D eigenvalue weighted by Gasteiger charge is 2.30. The number of aliphatic imine (C=N–C) groups is 1. The minimum atomic E-state index is -4.72. The molecule has 28 heavy (non-hydrogen) atoms. The van der Waals surface area contributed by atoms with Crippen LogP contribution in [0.2, 0.25) is 0 Å². The second-order valence-electron chi connectivity index (χ2n) is 6.41. The van der Waals surface area contributed by atoms with Gasteiger partial charge in [0.05, 0.1) is 6.54 Å². The molecule has 0 spiro atoms. The highest BCUT2D eigenvalue weighted by atomic mass is 19.4. The minimum absolute atomic E-state index is 0.147. The summed E-state index contributed by atoms with van der Waals surface area (Å²) >= 11 is 0. The number of nitrogens with one attached hydrogen (secondary N) is 1. The lowest BCUT2D eigenvalue weighted by Gasteiger charge is -2.11. The summed E-state index contributed by atoms with van der Waals surface area (Å²) in [5.74, 6) is -0.444. The molecule has 5 nitrogen and oxygen atoms in total. The molecule has 3 N–H and O–H groups in total. The molecule has 0 saturated heterocycles. The van der Waals surface area contributed by atoms with Crippen molar-refractivity contribution in [1.82, 2.24) is 10.2 Å². The van der Waals surface area contributed by atoms with Gasteiger partial charge in [-0.1, -0.05) is 24.3 Å². The largest absolute Gasteiger partial charge is 0.573 e. The number of ether oxygens (including phenoxy) is 1. The van der Waals surface area contributed by atoms with Gasteiger partial charge in [0.15, 0.2) is 5.96 Å². The number of rotatable bonds is 7. The van der Waals surface area contributed by atoms with E-state index in [2.05, 4.69) is 15.0 Å². The molecule has 152 valence electrons. The van der Waals surface area contributed by atoms with Crippen molar-refractivity contribution in [3.05, 3.63) is 65.0 Å². The smallest absolute Gasteiger partial charge is 0.406 e. The summed E-state index contributed by atoms with van der Waals surface area (Å²) in [5, 5.41) is 2.85. The maximum absolute atomic E-state index is 14.0. The minimum Gasteiger partial charge on any atom is -0.406 e. The second kappa shape index (κ2) is 9.41. The predicted octanol–water partition coefficient (Wildman–Crippen LogP) is 3.39. The van der Waals surface area contributed by atoms with Crippen LogP contribution in [0.25, 0.3) is 0 Å². The highest BCUT2D eigenvalue weighted by Crippen LogP contribution is 2.22. The summed E-state index contributed by atoms with van der Waals surface area (Å²) in [5.41, 5.74) is 7.76. The van der Waals surface area contributed by atoms with Crippen LogP contribution in [0.15, 0.2) is 47.5 Å². The van der Waals surface area contributed by atoms with Gasteiger partial charge in [0.1, 0.15) is 11.6 Å². The van der Waals surface area contributed by atoms with Crippen LogP contribution >= 0.6 is 0 Å². The Kier molecular flexibility index (Phi) is 7.22. The van der Waals surface area contributed by atoms with Gasteiger partial charge in [-0.3, -0.25) is 0 Å². The third-order valence-corrected chi connectivity index (χ3v) is 3.67. The maximum atomic E-state index is 14.0. The van der Waals surface area contributed by atoms with E-state index in [9.17, 15) is 17.6 Å². The lowest BCUT2D eigenvalue weighted by atomic mass is 10.1. The Labute approximate surface area is 160 Å². The molecule has 0 heterocycles. The van der Waals surface area contributed by atoms with E-state index in [4.69, 9.17) is 5.73 Å². The van der Waals surface area contributed by atoms with Crippen LogP contribution in [0.4, 0.5) is 17.6 Å². The standard InChI is InChI=1S/C19H22F4N4O/c1-27(2)12-15-6-3-14(9-17(15)20)11-26-18(24)25-10-13-4-7-16(8-5-13)28-19(21,22)23/h3-9H,10-12H2,1-2H3,(H3,24,25,26). The summed E-state index contributed by atoms with van der Waals surface area (Å²) in [7, 11) is 3.72. The van der Waals surface area contributed by atoms with Crippen molar-refractivity contribution in [2.75, 3.05) is 14.1 Å². The predicted molar refractivity (Wildman–Crippen MR) is 99.1 cm³/mol. The molecule has 0 aliphatic heterocycles. The van der Waals surface area contributed by atoms with Crippen molar-refractivity contribution < 1.29 is 22.3 Å². The van der Waals surface area contributed by atoms with Gasteiger partial charge in [-0.05, 0) is 43.4 Å². The van der Waals surface area contributed by atoms with Crippen molar-refractivity contribution in [2.45, 2.75) is 26.0 Å².